The van der Waals surface area contributed by atoms with Gasteiger partial charge in [-0.15, -0.1) is 0 Å². The number of aromatic nitrogens is 1. The van der Waals surface area contributed by atoms with E-state index in [1.54, 1.807) is 6.07 Å². The molecule has 0 saturated carbocycles. The summed E-state index contributed by atoms with van der Waals surface area (Å²) in [7, 11) is 4.00. The van der Waals surface area contributed by atoms with Crippen molar-refractivity contribution in [1.29, 1.82) is 0 Å². The zero-order chi connectivity index (χ0) is 10.8. The lowest BCUT2D eigenvalue weighted by atomic mass is 10.1. The highest BCUT2D eigenvalue weighted by molar-refractivity contribution is 5.63. The molecule has 0 spiro atoms. The number of rotatable bonds is 2. The van der Waals surface area contributed by atoms with E-state index in [0.29, 0.717) is 11.6 Å². The first-order valence-corrected chi connectivity index (χ1v) is 4.67. The number of nitrogens with two attached hydrogens (primary N) is 1. The van der Waals surface area contributed by atoms with E-state index in [0.717, 1.165) is 11.3 Å². The van der Waals surface area contributed by atoms with Gasteiger partial charge in [0.1, 0.15) is 0 Å². The number of hydrogen-bond acceptors (Lipinski definition) is 4. The molecule has 1 heterocycles. The maximum Gasteiger partial charge on any atom is 0.169 e. The Balaban J connectivity index is 2.31. The predicted molar refractivity (Wildman–Crippen MR) is 60.7 cm³/mol. The smallest absolute Gasteiger partial charge is 0.169 e. The normalized spacial score (nSPS) is 10.3. The molecule has 15 heavy (non-hydrogen) atoms. The molecule has 2 aromatic rings. The van der Waals surface area contributed by atoms with Gasteiger partial charge < -0.3 is 15.2 Å². The zero-order valence-corrected chi connectivity index (χ0v) is 8.77. The third kappa shape index (κ3) is 1.93. The second-order valence-electron chi connectivity index (χ2n) is 3.56. The van der Waals surface area contributed by atoms with Crippen LogP contribution in [0, 0.1) is 0 Å². The molecule has 0 fully saturated rings. The van der Waals surface area contributed by atoms with E-state index in [2.05, 4.69) is 5.16 Å². The van der Waals surface area contributed by atoms with Crippen molar-refractivity contribution < 1.29 is 4.52 Å². The van der Waals surface area contributed by atoms with Crippen LogP contribution in [0.25, 0.3) is 11.3 Å². The largest absolute Gasteiger partial charge is 0.381 e. The maximum atomic E-state index is 5.48. The van der Waals surface area contributed by atoms with E-state index in [1.807, 2.05) is 43.3 Å². The first-order chi connectivity index (χ1) is 7.16. The highest BCUT2D eigenvalue weighted by atomic mass is 16.5. The van der Waals surface area contributed by atoms with Gasteiger partial charge in [-0.3, -0.25) is 0 Å². The Hall–Kier alpha value is -1.97. The van der Waals surface area contributed by atoms with Crippen LogP contribution in [-0.4, -0.2) is 19.3 Å². The summed E-state index contributed by atoms with van der Waals surface area (Å²) in [5.74, 6) is 1.10. The molecule has 0 bridgehead atoms. The van der Waals surface area contributed by atoms with Crippen molar-refractivity contribution in [2.75, 3.05) is 24.7 Å². The molecular weight excluding hydrogens is 190 g/mol. The Labute approximate surface area is 88.3 Å². The van der Waals surface area contributed by atoms with Gasteiger partial charge in [0.2, 0.25) is 0 Å². The van der Waals surface area contributed by atoms with Gasteiger partial charge >= 0.3 is 0 Å². The van der Waals surface area contributed by atoms with Gasteiger partial charge in [0.15, 0.2) is 11.6 Å². The third-order valence-electron chi connectivity index (χ3n) is 2.20. The molecule has 2 N–H and O–H groups in total. The van der Waals surface area contributed by atoms with E-state index in [1.165, 1.54) is 0 Å². The SMILES string of the molecule is CN(C)c1ccc(-c2cc(N)no2)cc1. The molecule has 1 aromatic heterocycles. The Morgan fingerprint density at radius 3 is 2.33 bits per heavy atom. The van der Waals surface area contributed by atoms with Crippen molar-refractivity contribution in [2.45, 2.75) is 0 Å². The summed E-state index contributed by atoms with van der Waals surface area (Å²) in [6, 6.07) is 9.72. The first kappa shape index (κ1) is 9.58. The fourth-order valence-corrected chi connectivity index (χ4v) is 1.35. The van der Waals surface area contributed by atoms with E-state index in [9.17, 15) is 0 Å². The van der Waals surface area contributed by atoms with Gasteiger partial charge in [0.05, 0.1) is 0 Å². The lowest BCUT2D eigenvalue weighted by Gasteiger charge is -2.11. The van der Waals surface area contributed by atoms with E-state index < -0.39 is 0 Å². The van der Waals surface area contributed by atoms with Crippen LogP contribution >= 0.6 is 0 Å². The second kappa shape index (κ2) is 3.65. The standard InChI is InChI=1S/C11H13N3O/c1-14(2)9-5-3-8(4-6-9)10-7-11(12)13-15-10/h3-7H,1-2H3,(H2,12,13). The first-order valence-electron chi connectivity index (χ1n) is 4.67. The van der Waals surface area contributed by atoms with Crippen LogP contribution in [-0.2, 0) is 0 Å². The summed E-state index contributed by atoms with van der Waals surface area (Å²) < 4.78 is 5.06. The van der Waals surface area contributed by atoms with Crippen LogP contribution in [0.15, 0.2) is 34.9 Å². The Morgan fingerprint density at radius 2 is 1.87 bits per heavy atom. The molecule has 4 nitrogen and oxygen atoms in total. The number of nitrogens with zero attached hydrogens (tertiary/aromatic N) is 2. The van der Waals surface area contributed by atoms with Crippen LogP contribution in [0.4, 0.5) is 11.5 Å². The van der Waals surface area contributed by atoms with Crippen LogP contribution in [0.2, 0.25) is 0 Å². The summed E-state index contributed by atoms with van der Waals surface area (Å²) in [5.41, 5.74) is 7.60. The average Bonchev–Trinajstić information content (AvgIpc) is 2.65. The quantitative estimate of drug-likeness (QED) is 0.811. The summed E-state index contributed by atoms with van der Waals surface area (Å²) in [4.78, 5) is 2.04. The highest BCUT2D eigenvalue weighted by Gasteiger charge is 2.04. The van der Waals surface area contributed by atoms with Crippen molar-refractivity contribution in [3.05, 3.63) is 30.3 Å². The van der Waals surface area contributed by atoms with Crippen molar-refractivity contribution >= 4 is 11.5 Å². The van der Waals surface area contributed by atoms with Crippen molar-refractivity contribution in [2.24, 2.45) is 0 Å². The van der Waals surface area contributed by atoms with Gasteiger partial charge in [0, 0.05) is 31.4 Å². The van der Waals surface area contributed by atoms with Gasteiger partial charge in [-0.2, -0.15) is 0 Å². The molecule has 0 atom stereocenters. The molecular formula is C11H13N3O. The predicted octanol–water partition coefficient (Wildman–Crippen LogP) is 1.99. The number of nitrogen functional groups attached to an aromatic ring is 1. The highest BCUT2D eigenvalue weighted by Crippen LogP contribution is 2.23. The van der Waals surface area contributed by atoms with Crippen LogP contribution in [0.3, 0.4) is 0 Å². The molecule has 0 amide bonds. The monoisotopic (exact) mass is 203 g/mol. The van der Waals surface area contributed by atoms with Crippen LogP contribution in [0.5, 0.6) is 0 Å². The minimum absolute atomic E-state index is 0.404. The van der Waals surface area contributed by atoms with Gasteiger partial charge in [0.25, 0.3) is 0 Å². The molecule has 0 aliphatic rings. The second-order valence-corrected chi connectivity index (χ2v) is 3.56. The Kier molecular flexibility index (Phi) is 2.33. The van der Waals surface area contributed by atoms with E-state index >= 15 is 0 Å². The van der Waals surface area contributed by atoms with Gasteiger partial charge in [-0.05, 0) is 24.3 Å². The third-order valence-corrected chi connectivity index (χ3v) is 2.20. The molecule has 0 saturated heterocycles. The molecule has 0 aliphatic carbocycles. The lowest BCUT2D eigenvalue weighted by Crippen LogP contribution is -2.07. The van der Waals surface area contributed by atoms with Crippen molar-refractivity contribution in [3.8, 4) is 11.3 Å². The summed E-state index contributed by atoms with van der Waals surface area (Å²) >= 11 is 0. The number of benzene rings is 1. The number of hydrogen-bond donors (Lipinski definition) is 1. The average molecular weight is 203 g/mol. The van der Waals surface area contributed by atoms with Crippen LogP contribution in [0.1, 0.15) is 0 Å². The Bertz CT molecular complexity index is 445. The Morgan fingerprint density at radius 1 is 1.20 bits per heavy atom. The van der Waals surface area contributed by atoms with E-state index in [4.69, 9.17) is 10.3 Å². The molecule has 2 rings (SSSR count). The van der Waals surface area contributed by atoms with Gasteiger partial charge in [-0.25, -0.2) is 0 Å². The lowest BCUT2D eigenvalue weighted by molar-refractivity contribution is 0.436. The van der Waals surface area contributed by atoms with Crippen molar-refractivity contribution in [1.82, 2.24) is 5.16 Å². The number of anilines is 2. The zero-order valence-electron chi connectivity index (χ0n) is 8.77. The molecule has 78 valence electrons. The maximum absolute atomic E-state index is 5.48. The topological polar surface area (TPSA) is 55.3 Å². The molecule has 0 unspecified atom stereocenters. The summed E-state index contributed by atoms with van der Waals surface area (Å²) in [6.07, 6.45) is 0. The fourth-order valence-electron chi connectivity index (χ4n) is 1.35. The van der Waals surface area contributed by atoms with Crippen LogP contribution < -0.4 is 10.6 Å². The minimum atomic E-state index is 0.404. The molecule has 0 radical (unpaired) electrons. The fraction of sp³-hybridized carbons (Fsp3) is 0.182. The molecule has 4 heteroatoms. The summed E-state index contributed by atoms with van der Waals surface area (Å²) in [6.45, 7) is 0. The molecule has 1 aromatic carbocycles. The molecule has 0 aliphatic heterocycles. The van der Waals surface area contributed by atoms with E-state index in [-0.39, 0.29) is 0 Å². The minimum Gasteiger partial charge on any atom is -0.381 e. The summed E-state index contributed by atoms with van der Waals surface area (Å²) in [5, 5.41) is 3.64. The van der Waals surface area contributed by atoms with Crippen molar-refractivity contribution in [3.63, 3.8) is 0 Å². The van der Waals surface area contributed by atoms with Gasteiger partial charge in [-0.1, -0.05) is 5.16 Å².